The molecule has 0 saturated carbocycles. The van der Waals surface area contributed by atoms with Crippen molar-refractivity contribution in [2.24, 2.45) is 0 Å². The number of hydrogen-bond donors (Lipinski definition) is 2. The molecule has 2 N–H and O–H groups in total. The van der Waals surface area contributed by atoms with Crippen LogP contribution in [-0.4, -0.2) is 31.8 Å². The van der Waals surface area contributed by atoms with Gasteiger partial charge in [0.05, 0.1) is 18.2 Å². The zero-order valence-electron chi connectivity index (χ0n) is 14.6. The van der Waals surface area contributed by atoms with Gasteiger partial charge < -0.3 is 15.1 Å². The number of carbonyl (C=O) groups is 2. The quantitative estimate of drug-likeness (QED) is 0.403. The third-order valence-electron chi connectivity index (χ3n) is 4.61. The van der Waals surface area contributed by atoms with E-state index in [4.69, 9.17) is 0 Å². The van der Waals surface area contributed by atoms with Crippen LogP contribution in [0.1, 0.15) is 22.0 Å². The van der Waals surface area contributed by atoms with Crippen LogP contribution < -0.4 is 0 Å². The summed E-state index contributed by atoms with van der Waals surface area (Å²) in [5, 5.41) is 22.4. The summed E-state index contributed by atoms with van der Waals surface area (Å²) in [5.41, 5.74) is 1.07. The van der Waals surface area contributed by atoms with Gasteiger partial charge in [-0.15, -0.1) is 11.3 Å². The smallest absolute Gasteiger partial charge is 0.295 e. The van der Waals surface area contributed by atoms with E-state index in [0.29, 0.717) is 11.1 Å². The number of ketones is 1. The monoisotopic (exact) mass is 392 g/mol. The Morgan fingerprint density at radius 2 is 1.79 bits per heavy atom. The molecular weight excluding hydrogens is 376 g/mol. The number of carbonyl (C=O) groups excluding carboxylic acids is 2. The summed E-state index contributed by atoms with van der Waals surface area (Å²) in [5.74, 6) is -1.56. The first-order chi connectivity index (χ1) is 13.6. The number of rotatable bonds is 4. The van der Waals surface area contributed by atoms with Gasteiger partial charge in [-0.1, -0.05) is 18.2 Å². The maximum Gasteiger partial charge on any atom is 0.295 e. The Morgan fingerprint density at radius 1 is 1.07 bits per heavy atom. The van der Waals surface area contributed by atoms with Crippen LogP contribution in [0, 0.1) is 0 Å². The Hall–Kier alpha value is -3.45. The van der Waals surface area contributed by atoms with Gasteiger partial charge in [-0.25, -0.2) is 0 Å². The molecule has 6 nitrogen and oxygen atoms in total. The van der Waals surface area contributed by atoms with Gasteiger partial charge in [-0.2, -0.15) is 0 Å². The van der Waals surface area contributed by atoms with E-state index in [0.717, 1.165) is 4.88 Å². The number of aromatic nitrogens is 1. The number of pyridine rings is 1. The second-order valence-corrected chi connectivity index (χ2v) is 7.37. The van der Waals surface area contributed by atoms with Gasteiger partial charge in [-0.3, -0.25) is 14.6 Å². The van der Waals surface area contributed by atoms with Crippen LogP contribution in [0.4, 0.5) is 0 Å². The van der Waals surface area contributed by atoms with Crippen LogP contribution in [0.5, 0.6) is 5.75 Å². The van der Waals surface area contributed by atoms with Crippen molar-refractivity contribution in [3.8, 4) is 5.75 Å². The second kappa shape index (κ2) is 7.28. The molecule has 3 heterocycles. The van der Waals surface area contributed by atoms with Gasteiger partial charge >= 0.3 is 0 Å². The van der Waals surface area contributed by atoms with E-state index >= 15 is 0 Å². The molecule has 4 rings (SSSR count). The number of aliphatic hydroxyl groups excluding tert-OH is 1. The van der Waals surface area contributed by atoms with Crippen molar-refractivity contribution in [1.82, 2.24) is 9.88 Å². The number of benzene rings is 1. The molecule has 1 amide bonds. The van der Waals surface area contributed by atoms with E-state index in [2.05, 4.69) is 4.98 Å². The highest BCUT2D eigenvalue weighted by Gasteiger charge is 2.46. The van der Waals surface area contributed by atoms with E-state index in [-0.39, 0.29) is 23.6 Å². The molecule has 1 aromatic carbocycles. The molecule has 1 atom stereocenters. The van der Waals surface area contributed by atoms with Crippen LogP contribution >= 0.6 is 11.3 Å². The Kier molecular flexibility index (Phi) is 4.67. The molecule has 7 heteroatoms. The topological polar surface area (TPSA) is 90.7 Å². The predicted octanol–water partition coefficient (Wildman–Crippen LogP) is 3.47. The summed E-state index contributed by atoms with van der Waals surface area (Å²) in [6, 6.07) is 12.5. The van der Waals surface area contributed by atoms with Crippen molar-refractivity contribution in [3.63, 3.8) is 0 Å². The number of likely N-dealkylation sites (tertiary alicyclic amines) is 1. The van der Waals surface area contributed by atoms with Crippen LogP contribution in [0.3, 0.4) is 0 Å². The lowest BCUT2D eigenvalue weighted by atomic mass is 9.95. The number of Topliss-reactive ketones (excluding diaryl/α,β-unsaturated/α-hetero) is 1. The SMILES string of the molecule is O=C1C(=O)N(Cc2cccs2)C(c2ccc(O)cc2)/C1=C(/O)c1ccncc1. The van der Waals surface area contributed by atoms with Crippen molar-refractivity contribution >= 4 is 28.8 Å². The minimum Gasteiger partial charge on any atom is -0.508 e. The summed E-state index contributed by atoms with van der Waals surface area (Å²) < 4.78 is 0. The van der Waals surface area contributed by atoms with Crippen LogP contribution in [0.15, 0.2) is 71.9 Å². The van der Waals surface area contributed by atoms with Gasteiger partial charge in [0, 0.05) is 22.8 Å². The normalized spacial score (nSPS) is 18.6. The lowest BCUT2D eigenvalue weighted by Crippen LogP contribution is -2.28. The summed E-state index contributed by atoms with van der Waals surface area (Å²) in [7, 11) is 0. The highest BCUT2D eigenvalue weighted by molar-refractivity contribution is 7.09. The highest BCUT2D eigenvalue weighted by atomic mass is 32.1. The molecule has 0 bridgehead atoms. The minimum absolute atomic E-state index is 0.0263. The fourth-order valence-electron chi connectivity index (χ4n) is 3.28. The van der Waals surface area contributed by atoms with Crippen molar-refractivity contribution in [2.45, 2.75) is 12.6 Å². The summed E-state index contributed by atoms with van der Waals surface area (Å²) >= 11 is 1.49. The standard InChI is InChI=1S/C21H16N2O4S/c24-15-5-3-13(4-6-15)18-17(19(25)14-7-9-22-10-8-14)20(26)21(27)23(18)12-16-2-1-11-28-16/h1-11,18,24-25H,12H2/b19-17-. The average Bonchev–Trinajstić information content (AvgIpc) is 3.31. The van der Waals surface area contributed by atoms with E-state index < -0.39 is 17.7 Å². The second-order valence-electron chi connectivity index (χ2n) is 6.33. The molecule has 28 heavy (non-hydrogen) atoms. The maximum atomic E-state index is 12.8. The molecule has 0 radical (unpaired) electrons. The fourth-order valence-corrected chi connectivity index (χ4v) is 3.98. The number of hydrogen-bond acceptors (Lipinski definition) is 6. The molecule has 1 aliphatic rings. The number of phenols is 1. The first-order valence-electron chi connectivity index (χ1n) is 8.56. The third-order valence-corrected chi connectivity index (χ3v) is 5.47. The molecular formula is C21H16N2O4S. The Labute approximate surface area is 165 Å². The first-order valence-corrected chi connectivity index (χ1v) is 9.44. The first kappa shape index (κ1) is 17.9. The van der Waals surface area contributed by atoms with E-state index in [1.54, 1.807) is 24.3 Å². The van der Waals surface area contributed by atoms with E-state index in [1.807, 2.05) is 17.5 Å². The molecule has 2 aromatic heterocycles. The van der Waals surface area contributed by atoms with Gasteiger partial charge in [0.1, 0.15) is 11.5 Å². The molecule has 1 saturated heterocycles. The molecule has 0 aliphatic carbocycles. The fraction of sp³-hybridized carbons (Fsp3) is 0.0952. The van der Waals surface area contributed by atoms with Crippen LogP contribution in [0.25, 0.3) is 5.76 Å². The lowest BCUT2D eigenvalue weighted by Gasteiger charge is -2.25. The lowest BCUT2D eigenvalue weighted by molar-refractivity contribution is -0.140. The Balaban J connectivity index is 1.86. The molecule has 0 spiro atoms. The number of amides is 1. The summed E-state index contributed by atoms with van der Waals surface area (Å²) in [4.78, 5) is 31.9. The molecule has 140 valence electrons. The molecule has 3 aromatic rings. The maximum absolute atomic E-state index is 12.8. The van der Waals surface area contributed by atoms with Gasteiger partial charge in [0.2, 0.25) is 0 Å². The largest absolute Gasteiger partial charge is 0.508 e. The van der Waals surface area contributed by atoms with Crippen molar-refractivity contribution in [3.05, 3.63) is 87.9 Å². The van der Waals surface area contributed by atoms with Crippen LogP contribution in [0.2, 0.25) is 0 Å². The Bertz CT molecular complexity index is 1040. The summed E-state index contributed by atoms with van der Waals surface area (Å²) in [6.07, 6.45) is 3.01. The molecule has 1 unspecified atom stereocenters. The Morgan fingerprint density at radius 3 is 2.43 bits per heavy atom. The predicted molar refractivity (Wildman–Crippen MR) is 105 cm³/mol. The van der Waals surface area contributed by atoms with Gasteiger partial charge in [-0.05, 0) is 41.3 Å². The minimum atomic E-state index is -0.754. The van der Waals surface area contributed by atoms with Crippen LogP contribution in [-0.2, 0) is 16.1 Å². The van der Waals surface area contributed by atoms with Crippen molar-refractivity contribution in [2.75, 3.05) is 0 Å². The van der Waals surface area contributed by atoms with E-state index in [9.17, 15) is 19.8 Å². The molecule has 1 aliphatic heterocycles. The number of aliphatic hydroxyl groups is 1. The van der Waals surface area contributed by atoms with E-state index in [1.165, 1.54) is 40.8 Å². The number of nitrogens with zero attached hydrogens (tertiary/aromatic N) is 2. The third kappa shape index (κ3) is 3.16. The number of aromatic hydroxyl groups is 1. The highest BCUT2D eigenvalue weighted by Crippen LogP contribution is 2.40. The van der Waals surface area contributed by atoms with Gasteiger partial charge in [0.25, 0.3) is 11.7 Å². The number of phenolic OH excluding ortho intramolecular Hbond substituents is 1. The molecule has 1 fully saturated rings. The van der Waals surface area contributed by atoms with Gasteiger partial charge in [0.15, 0.2) is 0 Å². The zero-order valence-corrected chi connectivity index (χ0v) is 15.5. The average molecular weight is 392 g/mol. The van der Waals surface area contributed by atoms with Crippen molar-refractivity contribution in [1.29, 1.82) is 0 Å². The summed E-state index contributed by atoms with van der Waals surface area (Å²) in [6.45, 7) is 0.251. The van der Waals surface area contributed by atoms with Crippen molar-refractivity contribution < 1.29 is 19.8 Å². The zero-order chi connectivity index (χ0) is 19.7. The number of thiophene rings is 1.